The Kier molecular flexibility index (Phi) is 7.35. The number of benzene rings is 1. The van der Waals surface area contributed by atoms with E-state index in [1.807, 2.05) is 55.6 Å². The van der Waals surface area contributed by atoms with Gasteiger partial charge in [-0.05, 0) is 56.7 Å². The van der Waals surface area contributed by atoms with Crippen LogP contribution >= 0.6 is 8.53 Å². The summed E-state index contributed by atoms with van der Waals surface area (Å²) < 4.78 is 13.8. The van der Waals surface area contributed by atoms with Crippen molar-refractivity contribution in [3.8, 4) is 5.75 Å². The highest BCUT2D eigenvalue weighted by atomic mass is 31.2. The van der Waals surface area contributed by atoms with Gasteiger partial charge in [-0.25, -0.2) is 4.67 Å². The molecule has 0 fully saturated rings. The summed E-state index contributed by atoms with van der Waals surface area (Å²) in [5, 5.41) is 0. The van der Waals surface area contributed by atoms with Crippen LogP contribution in [0.15, 0.2) is 78.5 Å². The van der Waals surface area contributed by atoms with Crippen molar-refractivity contribution >= 4 is 8.53 Å². The zero-order chi connectivity index (χ0) is 19.8. The normalized spacial score (nSPS) is 17.1. The molecule has 0 spiro atoms. The Morgan fingerprint density at radius 1 is 1.18 bits per heavy atom. The number of hydrogen-bond acceptors (Lipinski definition) is 5. The van der Waals surface area contributed by atoms with Crippen LogP contribution < -0.4 is 4.52 Å². The second kappa shape index (κ2) is 9.94. The molecule has 1 heterocycles. The molecule has 1 aliphatic carbocycles. The number of rotatable bonds is 9. The number of ether oxygens (including phenoxy) is 1. The molecule has 0 aliphatic heterocycles. The van der Waals surface area contributed by atoms with E-state index < -0.39 is 14.1 Å². The molecule has 2 atom stereocenters. The van der Waals surface area contributed by atoms with E-state index >= 15 is 0 Å². The Balaban J connectivity index is 1.62. The lowest BCUT2D eigenvalue weighted by Gasteiger charge is -2.34. The van der Waals surface area contributed by atoms with E-state index in [2.05, 4.69) is 30.1 Å². The minimum atomic E-state index is -1.72. The monoisotopic (exact) mass is 398 g/mol. The van der Waals surface area contributed by atoms with Crippen LogP contribution in [0.3, 0.4) is 0 Å². The van der Waals surface area contributed by atoms with Crippen LogP contribution in [-0.2, 0) is 10.3 Å². The van der Waals surface area contributed by atoms with Gasteiger partial charge in [-0.1, -0.05) is 42.5 Å². The maximum atomic E-state index is 10.3. The fourth-order valence-electron chi connectivity index (χ4n) is 3.09. The van der Waals surface area contributed by atoms with Crippen LogP contribution in [0.1, 0.15) is 25.5 Å². The van der Waals surface area contributed by atoms with Gasteiger partial charge in [-0.15, -0.1) is 0 Å². The molecule has 0 radical (unpaired) electrons. The summed E-state index contributed by atoms with van der Waals surface area (Å²) in [6, 6.07) is 15.2. The van der Waals surface area contributed by atoms with Crippen LogP contribution in [-0.4, -0.2) is 34.7 Å². The van der Waals surface area contributed by atoms with E-state index in [-0.39, 0.29) is 0 Å². The fraction of sp³-hybridized carbons (Fsp3) is 0.318. The summed E-state index contributed by atoms with van der Waals surface area (Å²) in [7, 11) is 0.110. The lowest BCUT2D eigenvalue weighted by Crippen LogP contribution is -2.33. The Bertz CT molecular complexity index is 798. The molecule has 5 nitrogen and oxygen atoms in total. The van der Waals surface area contributed by atoms with Crippen molar-refractivity contribution in [3.05, 3.63) is 84.2 Å². The third-order valence-corrected chi connectivity index (χ3v) is 5.97. The molecule has 6 heteroatoms. The van der Waals surface area contributed by atoms with Gasteiger partial charge in [0.05, 0.1) is 12.3 Å². The molecule has 28 heavy (non-hydrogen) atoms. The molecule has 0 saturated heterocycles. The molecular weight excluding hydrogens is 371 g/mol. The summed E-state index contributed by atoms with van der Waals surface area (Å²) in [5.74, 6) is 0.654. The highest BCUT2D eigenvalue weighted by Gasteiger charge is 2.33. The minimum absolute atomic E-state index is 0.447. The molecule has 0 amide bonds. The summed E-state index contributed by atoms with van der Waals surface area (Å²) >= 11 is 0. The number of para-hydroxylation sites is 1. The smallest absolute Gasteiger partial charge is 0.318 e. The molecule has 2 aromatic rings. The molecule has 2 unspecified atom stereocenters. The Morgan fingerprint density at radius 3 is 2.64 bits per heavy atom. The zero-order valence-electron chi connectivity index (χ0n) is 16.4. The van der Waals surface area contributed by atoms with Crippen molar-refractivity contribution in [2.45, 2.75) is 25.4 Å². The molecule has 3 rings (SSSR count). The second-order valence-electron chi connectivity index (χ2n) is 6.79. The maximum Gasteiger partial charge on any atom is 0.318 e. The third kappa shape index (κ3) is 5.27. The van der Waals surface area contributed by atoms with Gasteiger partial charge < -0.3 is 14.2 Å². The first-order chi connectivity index (χ1) is 13.6. The van der Waals surface area contributed by atoms with Crippen LogP contribution in [0.5, 0.6) is 5.75 Å². The molecule has 1 aliphatic rings. The van der Waals surface area contributed by atoms with Gasteiger partial charge in [-0.3, -0.25) is 4.98 Å². The zero-order valence-corrected chi connectivity index (χ0v) is 17.3. The minimum Gasteiger partial charge on any atom is -0.436 e. The molecule has 1 aromatic heterocycles. The Hall–Kier alpha value is -2.04. The van der Waals surface area contributed by atoms with Gasteiger partial charge in [-0.2, -0.15) is 0 Å². The van der Waals surface area contributed by atoms with E-state index in [0.717, 1.165) is 18.5 Å². The number of allylic oxidation sites excluding steroid dienone is 3. The molecule has 1 N–H and O–H groups in total. The third-order valence-electron chi connectivity index (χ3n) is 4.81. The standard InChI is InChI=1S/C22H27N2O3P/c1-22(19-11-5-3-6-12-19,21-15-9-10-16-23-21)26-18-17-24(2)28(25)27-20-13-7-4-8-14-20/h3-5,7-11,13-16,25H,6,12,17-18H2,1-2H3. The van der Waals surface area contributed by atoms with Gasteiger partial charge in [0.25, 0.3) is 0 Å². The van der Waals surface area contributed by atoms with Crippen molar-refractivity contribution in [2.75, 3.05) is 20.2 Å². The number of aromatic nitrogens is 1. The van der Waals surface area contributed by atoms with Crippen molar-refractivity contribution in [3.63, 3.8) is 0 Å². The summed E-state index contributed by atoms with van der Waals surface area (Å²) in [4.78, 5) is 14.9. The summed E-state index contributed by atoms with van der Waals surface area (Å²) in [6.07, 6.45) is 10.1. The molecule has 148 valence electrons. The summed E-state index contributed by atoms with van der Waals surface area (Å²) in [5.41, 5.74) is 1.51. The average molecular weight is 398 g/mol. The molecule has 0 bridgehead atoms. The van der Waals surface area contributed by atoms with Crippen LogP contribution in [0.2, 0.25) is 0 Å². The van der Waals surface area contributed by atoms with Crippen LogP contribution in [0.4, 0.5) is 0 Å². The van der Waals surface area contributed by atoms with Crippen molar-refractivity contribution in [2.24, 2.45) is 0 Å². The first-order valence-electron chi connectivity index (χ1n) is 9.44. The maximum absolute atomic E-state index is 10.3. The topological polar surface area (TPSA) is 54.8 Å². The van der Waals surface area contributed by atoms with Crippen molar-refractivity contribution in [1.29, 1.82) is 0 Å². The average Bonchev–Trinajstić information content (AvgIpc) is 2.75. The fourth-order valence-corrected chi connectivity index (χ4v) is 3.79. The van der Waals surface area contributed by atoms with E-state index in [1.165, 1.54) is 5.57 Å². The quantitative estimate of drug-likeness (QED) is 0.614. The predicted octanol–water partition coefficient (Wildman–Crippen LogP) is 4.82. The van der Waals surface area contributed by atoms with E-state index in [0.29, 0.717) is 18.9 Å². The first kappa shape index (κ1) is 20.7. The molecular formula is C22H27N2O3P. The SMILES string of the molecule is CN(CCOC(C)(C1=CC=CCC1)c1ccccn1)P(O)Oc1ccccc1. The molecule has 0 saturated carbocycles. The van der Waals surface area contributed by atoms with Gasteiger partial charge in [0.2, 0.25) is 0 Å². The lowest BCUT2D eigenvalue weighted by molar-refractivity contribution is -0.0158. The second-order valence-corrected chi connectivity index (χ2v) is 8.16. The Morgan fingerprint density at radius 2 is 1.96 bits per heavy atom. The highest BCUT2D eigenvalue weighted by molar-refractivity contribution is 7.43. The number of hydrogen-bond donors (Lipinski definition) is 1. The van der Waals surface area contributed by atoms with E-state index in [9.17, 15) is 4.89 Å². The van der Waals surface area contributed by atoms with E-state index in [1.54, 1.807) is 10.9 Å². The number of nitrogens with zero attached hydrogens (tertiary/aromatic N) is 2. The van der Waals surface area contributed by atoms with Crippen molar-refractivity contribution in [1.82, 2.24) is 9.65 Å². The van der Waals surface area contributed by atoms with Gasteiger partial charge in [0.1, 0.15) is 11.4 Å². The molecule has 1 aromatic carbocycles. The Labute approximate surface area is 168 Å². The number of likely N-dealkylation sites (N-methyl/N-ethyl adjacent to an activating group) is 1. The van der Waals surface area contributed by atoms with Crippen molar-refractivity contribution < 1.29 is 14.2 Å². The van der Waals surface area contributed by atoms with E-state index in [4.69, 9.17) is 9.26 Å². The predicted molar refractivity (Wildman–Crippen MR) is 113 cm³/mol. The highest BCUT2D eigenvalue weighted by Crippen LogP contribution is 2.38. The largest absolute Gasteiger partial charge is 0.436 e. The van der Waals surface area contributed by atoms with Crippen LogP contribution in [0.25, 0.3) is 0 Å². The first-order valence-corrected chi connectivity index (χ1v) is 10.6. The van der Waals surface area contributed by atoms with Gasteiger partial charge in [0.15, 0.2) is 0 Å². The summed E-state index contributed by atoms with van der Waals surface area (Å²) in [6.45, 7) is 3.06. The van der Waals surface area contributed by atoms with Gasteiger partial charge >= 0.3 is 8.53 Å². The number of pyridine rings is 1. The van der Waals surface area contributed by atoms with Crippen LogP contribution in [0, 0.1) is 0 Å². The lowest BCUT2D eigenvalue weighted by atomic mass is 9.86. The van der Waals surface area contributed by atoms with Gasteiger partial charge in [0, 0.05) is 12.7 Å².